The Bertz CT molecular complexity index is 487. The average molecular weight is 259 g/mol. The van der Waals surface area contributed by atoms with Crippen molar-refractivity contribution < 1.29 is 14.7 Å². The van der Waals surface area contributed by atoms with Crippen LogP contribution in [-0.4, -0.2) is 17.0 Å². The van der Waals surface area contributed by atoms with Crippen molar-refractivity contribution in [3.63, 3.8) is 0 Å². The Hall–Kier alpha value is -2.62. The maximum Gasteiger partial charge on any atom is 0.331 e. The summed E-state index contributed by atoms with van der Waals surface area (Å²) < 4.78 is 0. The van der Waals surface area contributed by atoms with E-state index in [-0.39, 0.29) is 0 Å². The zero-order valence-electron chi connectivity index (χ0n) is 10.7. The summed E-state index contributed by atoms with van der Waals surface area (Å²) in [6.07, 6.45) is 6.24. The highest BCUT2D eigenvalue weighted by Gasteiger charge is 1.95. The highest BCUT2D eigenvalue weighted by Crippen LogP contribution is 2.02. The number of carboxylic acid groups (broad SMARTS) is 1. The topological polar surface area (TPSA) is 80.4 Å². The van der Waals surface area contributed by atoms with Gasteiger partial charge in [-0.05, 0) is 18.6 Å². The molecule has 0 saturated heterocycles. The Kier molecular flexibility index (Phi) is 8.12. The monoisotopic (exact) mass is 259 g/mol. The smallest absolute Gasteiger partial charge is 0.331 e. The minimum atomic E-state index is -0.886. The van der Waals surface area contributed by atoms with Crippen molar-refractivity contribution in [1.82, 2.24) is 0 Å². The molecule has 1 aromatic rings. The largest absolute Gasteiger partial charge is 0.478 e. The summed E-state index contributed by atoms with van der Waals surface area (Å²) in [5.74, 6) is -1.37. The van der Waals surface area contributed by atoms with Gasteiger partial charge in [0.2, 0.25) is 5.91 Å². The molecule has 3 N–H and O–H groups in total. The molecule has 0 aliphatic rings. The summed E-state index contributed by atoms with van der Waals surface area (Å²) in [4.78, 5) is 19.9. The molecule has 0 radical (unpaired) electrons. The molecule has 0 spiro atoms. The van der Waals surface area contributed by atoms with Crippen LogP contribution in [0.1, 0.15) is 12.5 Å². The Morgan fingerprint density at radius 1 is 1.26 bits per heavy atom. The molecule has 0 atom stereocenters. The SMILES string of the molecule is C=CC(N)=O.CC(=CC=Cc1ccccc1)C(=O)O. The van der Waals surface area contributed by atoms with Gasteiger partial charge in [-0.25, -0.2) is 4.79 Å². The fourth-order valence-electron chi connectivity index (χ4n) is 0.939. The molecule has 4 nitrogen and oxygen atoms in total. The van der Waals surface area contributed by atoms with Gasteiger partial charge in [-0.1, -0.05) is 55.1 Å². The number of aliphatic carboxylic acids is 1. The third-order valence-corrected chi connectivity index (χ3v) is 1.97. The van der Waals surface area contributed by atoms with E-state index in [9.17, 15) is 9.59 Å². The van der Waals surface area contributed by atoms with E-state index >= 15 is 0 Å². The first-order valence-corrected chi connectivity index (χ1v) is 5.52. The van der Waals surface area contributed by atoms with E-state index in [2.05, 4.69) is 12.3 Å². The molecule has 0 aliphatic carbocycles. The lowest BCUT2D eigenvalue weighted by Crippen LogP contribution is -2.04. The van der Waals surface area contributed by atoms with Crippen molar-refractivity contribution in [3.8, 4) is 0 Å². The highest BCUT2D eigenvalue weighted by molar-refractivity contribution is 5.86. The fourth-order valence-corrected chi connectivity index (χ4v) is 0.939. The van der Waals surface area contributed by atoms with Gasteiger partial charge in [0, 0.05) is 5.57 Å². The van der Waals surface area contributed by atoms with Gasteiger partial charge in [-0.2, -0.15) is 0 Å². The van der Waals surface area contributed by atoms with Crippen LogP contribution in [0.5, 0.6) is 0 Å². The molecule has 1 aromatic carbocycles. The van der Waals surface area contributed by atoms with Crippen molar-refractivity contribution in [2.24, 2.45) is 5.73 Å². The van der Waals surface area contributed by atoms with Gasteiger partial charge in [-0.3, -0.25) is 4.79 Å². The van der Waals surface area contributed by atoms with Crippen LogP contribution < -0.4 is 5.73 Å². The number of allylic oxidation sites excluding steroid dienone is 2. The van der Waals surface area contributed by atoms with Gasteiger partial charge in [-0.15, -0.1) is 0 Å². The molecule has 0 aromatic heterocycles. The summed E-state index contributed by atoms with van der Waals surface area (Å²) in [6.45, 7) is 4.65. The number of rotatable bonds is 4. The van der Waals surface area contributed by atoms with Gasteiger partial charge in [0.05, 0.1) is 0 Å². The van der Waals surface area contributed by atoms with Crippen molar-refractivity contribution in [2.75, 3.05) is 0 Å². The number of nitrogens with two attached hydrogens (primary N) is 1. The number of amides is 1. The lowest BCUT2D eigenvalue weighted by atomic mass is 10.2. The van der Waals surface area contributed by atoms with E-state index in [1.54, 1.807) is 19.1 Å². The average Bonchev–Trinajstić information content (AvgIpc) is 2.40. The molecule has 0 aliphatic heterocycles. The molecular formula is C15H17NO3. The maximum atomic E-state index is 10.4. The Morgan fingerprint density at radius 3 is 2.21 bits per heavy atom. The standard InChI is InChI=1S/C12H12O2.C3H5NO/c1-10(12(13)14)6-5-9-11-7-3-2-4-8-11;1-2-3(4)5/h2-9H,1H3,(H,13,14);2H,1H2,(H2,4,5). The Balaban J connectivity index is 0.000000555. The van der Waals surface area contributed by atoms with E-state index in [1.807, 2.05) is 36.4 Å². The van der Waals surface area contributed by atoms with Crippen LogP contribution in [-0.2, 0) is 9.59 Å². The van der Waals surface area contributed by atoms with Crippen molar-refractivity contribution in [3.05, 3.63) is 66.3 Å². The molecular weight excluding hydrogens is 242 g/mol. The van der Waals surface area contributed by atoms with E-state index < -0.39 is 11.9 Å². The fraction of sp³-hybridized carbons (Fsp3) is 0.0667. The summed E-state index contributed by atoms with van der Waals surface area (Å²) in [5.41, 5.74) is 5.92. The third kappa shape index (κ3) is 9.12. The van der Waals surface area contributed by atoms with Crippen LogP contribution in [0.4, 0.5) is 0 Å². The van der Waals surface area contributed by atoms with Crippen LogP contribution in [0.3, 0.4) is 0 Å². The first-order valence-electron chi connectivity index (χ1n) is 5.52. The molecule has 19 heavy (non-hydrogen) atoms. The normalized spacial score (nSPS) is 10.5. The first-order chi connectivity index (χ1) is 8.97. The van der Waals surface area contributed by atoms with Gasteiger partial charge in [0.15, 0.2) is 0 Å². The molecule has 0 bridgehead atoms. The number of carbonyl (C=O) groups excluding carboxylic acids is 1. The summed E-state index contributed by atoms with van der Waals surface area (Å²) in [5, 5.41) is 8.58. The van der Waals surface area contributed by atoms with Gasteiger partial charge in [0.1, 0.15) is 0 Å². The zero-order chi connectivity index (χ0) is 14.7. The quantitative estimate of drug-likeness (QED) is 0.643. The molecule has 100 valence electrons. The van der Waals surface area contributed by atoms with Crippen LogP contribution in [0.15, 0.2) is 60.7 Å². The number of primary amides is 1. The second-order valence-electron chi connectivity index (χ2n) is 3.53. The number of carboxylic acids is 1. The number of benzene rings is 1. The first kappa shape index (κ1) is 16.4. The van der Waals surface area contributed by atoms with Gasteiger partial charge < -0.3 is 10.8 Å². The summed E-state index contributed by atoms with van der Waals surface area (Å²) in [7, 11) is 0. The van der Waals surface area contributed by atoms with E-state index in [0.717, 1.165) is 11.6 Å². The lowest BCUT2D eigenvalue weighted by molar-refractivity contribution is -0.132. The number of hydrogen-bond donors (Lipinski definition) is 2. The van der Waals surface area contributed by atoms with Crippen LogP contribution in [0.2, 0.25) is 0 Å². The van der Waals surface area contributed by atoms with Crippen molar-refractivity contribution >= 4 is 18.0 Å². The molecule has 0 unspecified atom stereocenters. The minimum Gasteiger partial charge on any atom is -0.478 e. The van der Waals surface area contributed by atoms with E-state index in [0.29, 0.717) is 5.57 Å². The predicted octanol–water partition coefficient (Wildman–Crippen LogP) is 2.39. The molecule has 1 amide bonds. The van der Waals surface area contributed by atoms with Gasteiger partial charge >= 0.3 is 5.97 Å². The van der Waals surface area contributed by atoms with Gasteiger partial charge in [0.25, 0.3) is 0 Å². The van der Waals surface area contributed by atoms with Crippen molar-refractivity contribution in [1.29, 1.82) is 0 Å². The Labute approximate surface area is 112 Å². The third-order valence-electron chi connectivity index (χ3n) is 1.97. The van der Waals surface area contributed by atoms with E-state index in [1.165, 1.54) is 0 Å². The van der Waals surface area contributed by atoms with Crippen molar-refractivity contribution in [2.45, 2.75) is 6.92 Å². The summed E-state index contributed by atoms with van der Waals surface area (Å²) >= 11 is 0. The molecule has 4 heteroatoms. The predicted molar refractivity (Wildman–Crippen MR) is 76.3 cm³/mol. The second-order valence-corrected chi connectivity index (χ2v) is 3.53. The Morgan fingerprint density at radius 2 is 1.79 bits per heavy atom. The number of carbonyl (C=O) groups is 2. The molecule has 0 fully saturated rings. The minimum absolute atomic E-state index is 0.331. The molecule has 1 rings (SSSR count). The van der Waals surface area contributed by atoms with Crippen LogP contribution >= 0.6 is 0 Å². The van der Waals surface area contributed by atoms with E-state index in [4.69, 9.17) is 5.11 Å². The highest BCUT2D eigenvalue weighted by atomic mass is 16.4. The molecule has 0 saturated carbocycles. The number of hydrogen-bond acceptors (Lipinski definition) is 2. The zero-order valence-corrected chi connectivity index (χ0v) is 10.7. The molecule has 0 heterocycles. The second kappa shape index (κ2) is 9.41. The summed E-state index contributed by atoms with van der Waals surface area (Å²) in [6, 6.07) is 9.73. The lowest BCUT2D eigenvalue weighted by Gasteiger charge is -1.90. The maximum absolute atomic E-state index is 10.4. The van der Waals surface area contributed by atoms with Crippen LogP contribution in [0.25, 0.3) is 6.08 Å². The van der Waals surface area contributed by atoms with Crippen LogP contribution in [0, 0.1) is 0 Å².